The van der Waals surface area contributed by atoms with Crippen LogP contribution in [-0.4, -0.2) is 19.9 Å². The molecule has 0 saturated heterocycles. The van der Waals surface area contributed by atoms with Gasteiger partial charge in [0.25, 0.3) is 0 Å². The van der Waals surface area contributed by atoms with Crippen molar-refractivity contribution in [3.8, 4) is 0 Å². The van der Waals surface area contributed by atoms with E-state index in [0.29, 0.717) is 17.9 Å². The number of nitrogens with one attached hydrogen (secondary N) is 2. The molecule has 0 radical (unpaired) electrons. The maximum Gasteiger partial charge on any atom is 0.240 e. The summed E-state index contributed by atoms with van der Waals surface area (Å²) in [6, 6.07) is 15.2. The van der Waals surface area contributed by atoms with Gasteiger partial charge in [-0.15, -0.1) is 0 Å². The van der Waals surface area contributed by atoms with E-state index >= 15 is 0 Å². The molecule has 0 aliphatic heterocycles. The highest BCUT2D eigenvalue weighted by atomic mass is 32.2. The van der Waals surface area contributed by atoms with Crippen LogP contribution in [0.5, 0.6) is 0 Å². The molecule has 0 fully saturated rings. The van der Waals surface area contributed by atoms with Crippen molar-refractivity contribution in [2.75, 3.05) is 6.54 Å². The SMILES string of the molecule is CCc1ccc(S(=O)(=O)NCCc2ccc3cc[nH]c3c2)cc1. The Balaban J connectivity index is 1.64. The van der Waals surface area contributed by atoms with Crippen LogP contribution in [0.25, 0.3) is 10.9 Å². The molecule has 0 bridgehead atoms. The van der Waals surface area contributed by atoms with Crippen molar-refractivity contribution in [2.45, 2.75) is 24.7 Å². The van der Waals surface area contributed by atoms with Crippen LogP contribution in [0, 0.1) is 0 Å². The Hall–Kier alpha value is -2.11. The second-order valence-electron chi connectivity index (χ2n) is 5.54. The molecule has 1 heterocycles. The zero-order chi connectivity index (χ0) is 16.3. The van der Waals surface area contributed by atoms with Crippen LogP contribution in [0.4, 0.5) is 0 Å². The van der Waals surface area contributed by atoms with Crippen LogP contribution in [0.3, 0.4) is 0 Å². The van der Waals surface area contributed by atoms with Gasteiger partial charge in [0, 0.05) is 18.3 Å². The van der Waals surface area contributed by atoms with Crippen molar-refractivity contribution in [3.63, 3.8) is 0 Å². The van der Waals surface area contributed by atoms with Gasteiger partial charge in [-0.2, -0.15) is 0 Å². The molecule has 2 aromatic carbocycles. The number of rotatable bonds is 6. The lowest BCUT2D eigenvalue weighted by Gasteiger charge is -2.08. The van der Waals surface area contributed by atoms with Crippen molar-refractivity contribution in [1.29, 1.82) is 0 Å². The molecule has 0 aliphatic rings. The smallest absolute Gasteiger partial charge is 0.240 e. The van der Waals surface area contributed by atoms with Gasteiger partial charge >= 0.3 is 0 Å². The zero-order valence-corrected chi connectivity index (χ0v) is 13.9. The first-order chi connectivity index (χ1) is 11.1. The zero-order valence-electron chi connectivity index (χ0n) is 13.0. The summed E-state index contributed by atoms with van der Waals surface area (Å²) in [5.74, 6) is 0. The van der Waals surface area contributed by atoms with E-state index in [-0.39, 0.29) is 0 Å². The molecule has 23 heavy (non-hydrogen) atoms. The predicted octanol–water partition coefficient (Wildman–Crippen LogP) is 3.25. The topological polar surface area (TPSA) is 62.0 Å². The van der Waals surface area contributed by atoms with Crippen LogP contribution in [0.15, 0.2) is 59.6 Å². The second-order valence-corrected chi connectivity index (χ2v) is 7.31. The number of fused-ring (bicyclic) bond motifs is 1. The van der Waals surface area contributed by atoms with Crippen LogP contribution < -0.4 is 4.72 Å². The van der Waals surface area contributed by atoms with Crippen molar-refractivity contribution >= 4 is 20.9 Å². The number of aromatic nitrogens is 1. The highest BCUT2D eigenvalue weighted by Crippen LogP contribution is 2.15. The standard InChI is InChI=1S/C18H20N2O2S/c1-2-14-4-7-17(8-5-14)23(21,22)20-12-9-15-3-6-16-10-11-19-18(16)13-15/h3-8,10-11,13,19-20H,2,9,12H2,1H3. The monoisotopic (exact) mass is 328 g/mol. The average molecular weight is 328 g/mol. The Bertz CT molecular complexity index is 896. The number of sulfonamides is 1. The van der Waals surface area contributed by atoms with Crippen molar-refractivity contribution in [2.24, 2.45) is 0 Å². The molecule has 0 saturated carbocycles. The molecule has 3 rings (SSSR count). The maximum absolute atomic E-state index is 12.3. The van der Waals surface area contributed by atoms with Gasteiger partial charge in [0.2, 0.25) is 10.0 Å². The molecule has 0 atom stereocenters. The molecule has 1 aromatic heterocycles. The molecule has 0 unspecified atom stereocenters. The summed E-state index contributed by atoms with van der Waals surface area (Å²) in [7, 11) is -3.44. The van der Waals surface area contributed by atoms with Gasteiger partial charge in [-0.25, -0.2) is 13.1 Å². The number of hydrogen-bond donors (Lipinski definition) is 2. The molecule has 3 aromatic rings. The fourth-order valence-electron chi connectivity index (χ4n) is 2.57. The molecule has 120 valence electrons. The molecule has 0 amide bonds. The van der Waals surface area contributed by atoms with Gasteiger partial charge in [-0.1, -0.05) is 31.2 Å². The fourth-order valence-corrected chi connectivity index (χ4v) is 3.60. The lowest BCUT2D eigenvalue weighted by Crippen LogP contribution is -2.26. The summed E-state index contributed by atoms with van der Waals surface area (Å²) in [6.45, 7) is 2.42. The molecule has 0 spiro atoms. The van der Waals surface area contributed by atoms with Crippen molar-refractivity contribution < 1.29 is 8.42 Å². The minimum absolute atomic E-state index is 0.314. The van der Waals surface area contributed by atoms with Gasteiger partial charge in [-0.05, 0) is 53.6 Å². The Labute approximate surface area is 136 Å². The quantitative estimate of drug-likeness (QED) is 0.729. The largest absolute Gasteiger partial charge is 0.361 e. The van der Waals surface area contributed by atoms with E-state index in [4.69, 9.17) is 0 Å². The van der Waals surface area contributed by atoms with Gasteiger partial charge in [0.15, 0.2) is 0 Å². The Morgan fingerprint density at radius 2 is 1.74 bits per heavy atom. The average Bonchev–Trinajstić information content (AvgIpc) is 3.02. The van der Waals surface area contributed by atoms with Gasteiger partial charge in [0.1, 0.15) is 0 Å². The first kappa shape index (κ1) is 15.8. The van der Waals surface area contributed by atoms with E-state index in [9.17, 15) is 8.42 Å². The lowest BCUT2D eigenvalue weighted by molar-refractivity contribution is 0.581. The molecule has 2 N–H and O–H groups in total. The minimum atomic E-state index is -3.44. The Morgan fingerprint density at radius 3 is 2.48 bits per heavy atom. The van der Waals surface area contributed by atoms with Crippen LogP contribution in [0.1, 0.15) is 18.1 Å². The van der Waals surface area contributed by atoms with Gasteiger partial charge in [-0.3, -0.25) is 0 Å². The summed E-state index contributed by atoms with van der Waals surface area (Å²) in [6.07, 6.45) is 3.45. The van der Waals surface area contributed by atoms with Gasteiger partial charge < -0.3 is 4.98 Å². The van der Waals surface area contributed by atoms with Gasteiger partial charge in [0.05, 0.1) is 4.90 Å². The van der Waals surface area contributed by atoms with E-state index in [1.165, 1.54) is 0 Å². The first-order valence-corrected chi connectivity index (χ1v) is 9.21. The second kappa shape index (κ2) is 6.56. The predicted molar refractivity (Wildman–Crippen MR) is 93.0 cm³/mol. The van der Waals surface area contributed by atoms with Crippen LogP contribution in [0.2, 0.25) is 0 Å². The van der Waals surface area contributed by atoms with E-state index in [1.807, 2.05) is 43.5 Å². The summed E-state index contributed by atoms with van der Waals surface area (Å²) in [4.78, 5) is 3.48. The van der Waals surface area contributed by atoms with E-state index in [2.05, 4.69) is 15.8 Å². The molecular formula is C18H20N2O2S. The Kier molecular flexibility index (Phi) is 4.50. The number of H-pyrrole nitrogens is 1. The van der Waals surface area contributed by atoms with Crippen molar-refractivity contribution in [3.05, 3.63) is 65.9 Å². The third kappa shape index (κ3) is 3.63. The summed E-state index contributed by atoms with van der Waals surface area (Å²) < 4.78 is 27.2. The number of benzene rings is 2. The number of aromatic amines is 1. The highest BCUT2D eigenvalue weighted by Gasteiger charge is 2.13. The minimum Gasteiger partial charge on any atom is -0.361 e. The lowest BCUT2D eigenvalue weighted by atomic mass is 10.1. The fraction of sp³-hybridized carbons (Fsp3) is 0.222. The molecule has 4 nitrogen and oxygen atoms in total. The highest BCUT2D eigenvalue weighted by molar-refractivity contribution is 7.89. The molecule has 0 aliphatic carbocycles. The van der Waals surface area contributed by atoms with Crippen molar-refractivity contribution in [1.82, 2.24) is 9.71 Å². The third-order valence-electron chi connectivity index (χ3n) is 3.97. The normalized spacial score (nSPS) is 11.9. The molecular weight excluding hydrogens is 308 g/mol. The van der Waals surface area contributed by atoms with Crippen LogP contribution >= 0.6 is 0 Å². The Morgan fingerprint density at radius 1 is 1.00 bits per heavy atom. The number of aryl methyl sites for hydroxylation is 1. The third-order valence-corrected chi connectivity index (χ3v) is 5.44. The van der Waals surface area contributed by atoms with E-state index in [0.717, 1.165) is 28.5 Å². The first-order valence-electron chi connectivity index (χ1n) is 7.73. The van der Waals surface area contributed by atoms with E-state index < -0.39 is 10.0 Å². The summed E-state index contributed by atoms with van der Waals surface area (Å²) in [5, 5.41) is 1.16. The number of hydrogen-bond acceptors (Lipinski definition) is 2. The maximum atomic E-state index is 12.3. The van der Waals surface area contributed by atoms with Crippen LogP contribution in [-0.2, 0) is 22.9 Å². The molecule has 5 heteroatoms. The summed E-state index contributed by atoms with van der Waals surface area (Å²) in [5.41, 5.74) is 3.30. The summed E-state index contributed by atoms with van der Waals surface area (Å²) >= 11 is 0. The van der Waals surface area contributed by atoms with E-state index in [1.54, 1.807) is 12.1 Å².